The van der Waals surface area contributed by atoms with Gasteiger partial charge in [-0.05, 0) is 19.4 Å². The van der Waals surface area contributed by atoms with Crippen molar-refractivity contribution < 1.29 is 0 Å². The minimum atomic E-state index is -0.467. The maximum atomic E-state index is 13.7. The standard InChI is InChI=1S/C24H19Cl2N5O2/c1-13(30-23-19-17(32)10-11-27-22(19)28-12-29-23)21-20(26)15-8-5-9-16(25)18(15)24(33)31(21)14-6-3-2-4-7-14/h2-6,8-14H,7H2,1H3,(H2,27,28,29,30,32)/t13-,14?/m0/s1. The van der Waals surface area contributed by atoms with E-state index in [2.05, 4.69) is 20.3 Å². The lowest BCUT2D eigenvalue weighted by molar-refractivity contribution is 0.549. The van der Waals surface area contributed by atoms with Crippen molar-refractivity contribution in [3.05, 3.63) is 97.4 Å². The number of aromatic amines is 1. The highest BCUT2D eigenvalue weighted by Crippen LogP contribution is 2.36. The number of H-pyrrole nitrogens is 1. The molecule has 7 nitrogen and oxygen atoms in total. The smallest absolute Gasteiger partial charge is 0.260 e. The first kappa shape index (κ1) is 21.4. The van der Waals surface area contributed by atoms with Gasteiger partial charge in [-0.2, -0.15) is 0 Å². The summed E-state index contributed by atoms with van der Waals surface area (Å²) in [6.45, 7) is 1.88. The Morgan fingerprint density at radius 3 is 2.79 bits per heavy atom. The summed E-state index contributed by atoms with van der Waals surface area (Å²) in [6, 6.07) is 5.96. The number of rotatable bonds is 4. The van der Waals surface area contributed by atoms with E-state index in [0.29, 0.717) is 49.8 Å². The van der Waals surface area contributed by atoms with Crippen LogP contribution in [0.1, 0.15) is 31.1 Å². The second kappa shape index (κ2) is 8.50. The summed E-state index contributed by atoms with van der Waals surface area (Å²) in [5, 5.41) is 5.34. The Morgan fingerprint density at radius 1 is 1.15 bits per heavy atom. The molecule has 1 aliphatic rings. The van der Waals surface area contributed by atoms with Crippen molar-refractivity contribution in [2.45, 2.75) is 25.4 Å². The summed E-state index contributed by atoms with van der Waals surface area (Å²) in [4.78, 5) is 37.6. The highest BCUT2D eigenvalue weighted by Gasteiger charge is 2.26. The zero-order chi connectivity index (χ0) is 23.1. The average Bonchev–Trinajstić information content (AvgIpc) is 2.81. The Hall–Kier alpha value is -3.42. The maximum absolute atomic E-state index is 13.7. The van der Waals surface area contributed by atoms with Crippen LogP contribution in [0, 0.1) is 0 Å². The molecule has 0 aliphatic heterocycles. The van der Waals surface area contributed by atoms with E-state index >= 15 is 0 Å². The third kappa shape index (κ3) is 3.63. The first-order valence-electron chi connectivity index (χ1n) is 10.4. The third-order valence-electron chi connectivity index (χ3n) is 5.77. The maximum Gasteiger partial charge on any atom is 0.260 e. The fraction of sp³-hybridized carbons (Fsp3) is 0.167. The molecule has 0 bridgehead atoms. The predicted molar refractivity (Wildman–Crippen MR) is 132 cm³/mol. The van der Waals surface area contributed by atoms with Crippen molar-refractivity contribution in [1.29, 1.82) is 0 Å². The lowest BCUT2D eigenvalue weighted by Gasteiger charge is -2.27. The fourth-order valence-electron chi connectivity index (χ4n) is 4.28. The molecule has 2 atom stereocenters. The minimum Gasteiger partial charge on any atom is -0.361 e. The molecule has 4 aromatic rings. The van der Waals surface area contributed by atoms with Crippen LogP contribution in [0.3, 0.4) is 0 Å². The van der Waals surface area contributed by atoms with E-state index in [1.807, 2.05) is 31.2 Å². The molecule has 5 rings (SSSR count). The molecule has 3 heterocycles. The Balaban J connectivity index is 1.73. The first-order valence-corrected chi connectivity index (χ1v) is 11.2. The molecule has 9 heteroatoms. The third-order valence-corrected chi connectivity index (χ3v) is 6.48. The highest BCUT2D eigenvalue weighted by atomic mass is 35.5. The van der Waals surface area contributed by atoms with Crippen LogP contribution in [-0.4, -0.2) is 19.5 Å². The molecule has 1 aromatic carbocycles. The number of hydrogen-bond donors (Lipinski definition) is 2. The first-order chi connectivity index (χ1) is 16.0. The molecule has 3 aromatic heterocycles. The summed E-state index contributed by atoms with van der Waals surface area (Å²) in [7, 11) is 0. The predicted octanol–water partition coefficient (Wildman–Crippen LogP) is 5.17. The van der Waals surface area contributed by atoms with Crippen molar-refractivity contribution in [3.8, 4) is 0 Å². The average molecular weight is 480 g/mol. The van der Waals surface area contributed by atoms with Gasteiger partial charge in [0, 0.05) is 17.6 Å². The summed E-state index contributed by atoms with van der Waals surface area (Å²) < 4.78 is 1.68. The zero-order valence-electron chi connectivity index (χ0n) is 17.5. The lowest BCUT2D eigenvalue weighted by atomic mass is 10.0. The van der Waals surface area contributed by atoms with Crippen LogP contribution in [0.25, 0.3) is 21.8 Å². The van der Waals surface area contributed by atoms with Gasteiger partial charge in [0.05, 0.1) is 33.2 Å². The molecule has 0 radical (unpaired) electrons. The van der Waals surface area contributed by atoms with E-state index in [9.17, 15) is 9.59 Å². The summed E-state index contributed by atoms with van der Waals surface area (Å²) >= 11 is 13.3. The monoisotopic (exact) mass is 479 g/mol. The van der Waals surface area contributed by atoms with E-state index in [0.717, 1.165) is 0 Å². The highest BCUT2D eigenvalue weighted by molar-refractivity contribution is 6.39. The van der Waals surface area contributed by atoms with E-state index in [1.54, 1.807) is 22.8 Å². The molecule has 0 saturated carbocycles. The summed E-state index contributed by atoms with van der Waals surface area (Å²) in [5.74, 6) is 0.356. The van der Waals surface area contributed by atoms with Crippen molar-refractivity contribution in [3.63, 3.8) is 0 Å². The lowest BCUT2D eigenvalue weighted by Crippen LogP contribution is -2.31. The van der Waals surface area contributed by atoms with Crippen molar-refractivity contribution in [2.75, 3.05) is 5.32 Å². The van der Waals surface area contributed by atoms with Crippen LogP contribution < -0.4 is 16.3 Å². The Morgan fingerprint density at radius 2 is 2.00 bits per heavy atom. The van der Waals surface area contributed by atoms with Gasteiger partial charge in [-0.3, -0.25) is 9.59 Å². The molecule has 166 valence electrons. The molecule has 1 unspecified atom stereocenters. The number of allylic oxidation sites excluding steroid dienone is 4. The van der Waals surface area contributed by atoms with E-state index in [-0.39, 0.29) is 17.0 Å². The number of pyridine rings is 2. The summed E-state index contributed by atoms with van der Waals surface area (Å²) in [5.41, 5.74) is 0.564. The van der Waals surface area contributed by atoms with Gasteiger partial charge in [-0.15, -0.1) is 0 Å². The number of benzene rings is 1. The SMILES string of the molecule is C[C@H](Nc1ncnc2[nH]ccc(=O)c12)c1c(Cl)c2cccc(Cl)c2c(=O)n1C1C=CC=CC1. The largest absolute Gasteiger partial charge is 0.361 e. The van der Waals surface area contributed by atoms with Crippen molar-refractivity contribution in [2.24, 2.45) is 0 Å². The molecule has 0 amide bonds. The number of halogens is 2. The van der Waals surface area contributed by atoms with Crippen molar-refractivity contribution in [1.82, 2.24) is 19.5 Å². The quantitative estimate of drug-likeness (QED) is 0.421. The van der Waals surface area contributed by atoms with Crippen LogP contribution in [0.5, 0.6) is 0 Å². The van der Waals surface area contributed by atoms with E-state index in [4.69, 9.17) is 23.2 Å². The Bertz CT molecular complexity index is 1570. The van der Waals surface area contributed by atoms with Crippen LogP contribution in [0.15, 0.2) is 70.7 Å². The zero-order valence-corrected chi connectivity index (χ0v) is 19.1. The number of hydrogen-bond acceptors (Lipinski definition) is 5. The van der Waals surface area contributed by atoms with Crippen LogP contribution in [0.2, 0.25) is 10.0 Å². The van der Waals surface area contributed by atoms with Crippen LogP contribution in [0.4, 0.5) is 5.82 Å². The Kier molecular flexibility index (Phi) is 5.52. The number of nitrogens with one attached hydrogen (secondary N) is 2. The van der Waals surface area contributed by atoms with Crippen molar-refractivity contribution >= 4 is 50.8 Å². The molecule has 33 heavy (non-hydrogen) atoms. The number of anilines is 1. The van der Waals surface area contributed by atoms with Crippen LogP contribution >= 0.6 is 23.2 Å². The van der Waals surface area contributed by atoms with Gasteiger partial charge in [0.15, 0.2) is 5.43 Å². The molecule has 2 N–H and O–H groups in total. The molecule has 0 fully saturated rings. The second-order valence-corrected chi connectivity index (χ2v) is 8.59. The van der Waals surface area contributed by atoms with Gasteiger partial charge in [-0.25, -0.2) is 9.97 Å². The number of nitrogens with zero attached hydrogens (tertiary/aromatic N) is 3. The molecular weight excluding hydrogens is 461 g/mol. The van der Waals surface area contributed by atoms with E-state index in [1.165, 1.54) is 18.6 Å². The molecule has 0 saturated heterocycles. The topological polar surface area (TPSA) is 92.7 Å². The van der Waals surface area contributed by atoms with E-state index < -0.39 is 6.04 Å². The molecule has 0 spiro atoms. The number of fused-ring (bicyclic) bond motifs is 2. The van der Waals surface area contributed by atoms with Gasteiger partial charge in [0.25, 0.3) is 5.56 Å². The van der Waals surface area contributed by atoms with Gasteiger partial charge >= 0.3 is 0 Å². The van der Waals surface area contributed by atoms with Gasteiger partial charge in [-0.1, -0.05) is 59.6 Å². The Labute approximate surface area is 198 Å². The fourth-order valence-corrected chi connectivity index (χ4v) is 4.94. The van der Waals surface area contributed by atoms with Gasteiger partial charge in [0.1, 0.15) is 23.2 Å². The minimum absolute atomic E-state index is 0.215. The summed E-state index contributed by atoms with van der Waals surface area (Å²) in [6.07, 6.45) is 11.4. The normalized spacial score (nSPS) is 16.4. The number of aromatic nitrogens is 4. The molecule has 1 aliphatic carbocycles. The molecular formula is C24H19Cl2N5O2. The van der Waals surface area contributed by atoms with Gasteiger partial charge < -0.3 is 14.9 Å². The second-order valence-electron chi connectivity index (χ2n) is 7.81. The van der Waals surface area contributed by atoms with Gasteiger partial charge in [0.2, 0.25) is 0 Å². The van der Waals surface area contributed by atoms with Crippen LogP contribution in [-0.2, 0) is 0 Å².